The zero-order chi connectivity index (χ0) is 10.7. The van der Waals surface area contributed by atoms with Gasteiger partial charge in [0.25, 0.3) is 0 Å². The Labute approximate surface area is 101 Å². The molecule has 0 atom stereocenters. The van der Waals surface area contributed by atoms with Gasteiger partial charge < -0.3 is 0 Å². The highest BCUT2D eigenvalue weighted by atomic mass is 79.9. The molecule has 76 valence electrons. The first-order valence-corrected chi connectivity index (χ1v) is 5.92. The van der Waals surface area contributed by atoms with Crippen LogP contribution in [0.2, 0.25) is 5.02 Å². The van der Waals surface area contributed by atoms with E-state index in [0.717, 1.165) is 16.8 Å². The first-order valence-electron chi connectivity index (χ1n) is 4.42. The fourth-order valence-corrected chi connectivity index (χ4v) is 2.10. The maximum absolute atomic E-state index is 6.07. The van der Waals surface area contributed by atoms with Crippen LogP contribution in [0, 0.1) is 0 Å². The molecule has 2 heterocycles. The van der Waals surface area contributed by atoms with Crippen LogP contribution in [-0.4, -0.2) is 9.97 Å². The summed E-state index contributed by atoms with van der Waals surface area (Å²) < 4.78 is 0. The van der Waals surface area contributed by atoms with E-state index < -0.39 is 0 Å². The Morgan fingerprint density at radius 1 is 1.27 bits per heavy atom. The Morgan fingerprint density at radius 2 is 2.13 bits per heavy atom. The van der Waals surface area contributed by atoms with E-state index in [2.05, 4.69) is 25.9 Å². The topological polar surface area (TPSA) is 25.8 Å². The van der Waals surface area contributed by atoms with E-state index in [1.807, 2.05) is 18.2 Å². The maximum Gasteiger partial charge on any atom is 0.0695 e. The lowest BCUT2D eigenvalue weighted by Gasteiger charge is -2.03. The van der Waals surface area contributed by atoms with E-state index in [1.165, 1.54) is 0 Å². The molecule has 0 N–H and O–H groups in total. The van der Waals surface area contributed by atoms with E-state index in [-0.39, 0.29) is 0 Å². The van der Waals surface area contributed by atoms with Crippen LogP contribution in [0.5, 0.6) is 0 Å². The van der Waals surface area contributed by atoms with Crippen LogP contribution in [-0.2, 0) is 5.33 Å². The van der Waals surface area contributed by atoms with Gasteiger partial charge in [-0.15, -0.1) is 0 Å². The zero-order valence-corrected chi connectivity index (χ0v) is 10.2. The molecule has 0 saturated carbocycles. The molecule has 0 radical (unpaired) electrons. The lowest BCUT2D eigenvalue weighted by molar-refractivity contribution is 1.18. The average Bonchev–Trinajstić information content (AvgIpc) is 2.30. The van der Waals surface area contributed by atoms with Gasteiger partial charge in [-0.1, -0.05) is 33.6 Å². The zero-order valence-electron chi connectivity index (χ0n) is 7.82. The Bertz CT molecular complexity index is 459. The lowest BCUT2D eigenvalue weighted by Crippen LogP contribution is -1.88. The summed E-state index contributed by atoms with van der Waals surface area (Å²) in [5.41, 5.74) is 2.86. The van der Waals surface area contributed by atoms with E-state index >= 15 is 0 Å². The molecule has 2 rings (SSSR count). The van der Waals surface area contributed by atoms with Crippen molar-refractivity contribution in [3.8, 4) is 11.1 Å². The number of halogens is 2. The summed E-state index contributed by atoms with van der Waals surface area (Å²) in [7, 11) is 0. The summed E-state index contributed by atoms with van der Waals surface area (Å²) in [5.74, 6) is 0. The summed E-state index contributed by atoms with van der Waals surface area (Å²) in [6.45, 7) is 0. The van der Waals surface area contributed by atoms with Crippen LogP contribution in [0.1, 0.15) is 5.69 Å². The highest BCUT2D eigenvalue weighted by Gasteiger charge is 2.03. The fourth-order valence-electron chi connectivity index (χ4n) is 1.26. The largest absolute Gasteiger partial charge is 0.264 e. The third-order valence-electron chi connectivity index (χ3n) is 2.04. The normalized spacial score (nSPS) is 10.3. The minimum Gasteiger partial charge on any atom is -0.264 e. The Balaban J connectivity index is 2.43. The summed E-state index contributed by atoms with van der Waals surface area (Å²) >= 11 is 9.40. The van der Waals surface area contributed by atoms with Crippen molar-refractivity contribution in [2.45, 2.75) is 5.33 Å². The summed E-state index contributed by atoms with van der Waals surface area (Å²) in [5, 5.41) is 1.34. The van der Waals surface area contributed by atoms with Crippen LogP contribution in [0.4, 0.5) is 0 Å². The van der Waals surface area contributed by atoms with Crippen molar-refractivity contribution in [3.63, 3.8) is 0 Å². The molecular formula is C11H8BrClN2. The van der Waals surface area contributed by atoms with E-state index in [9.17, 15) is 0 Å². The molecule has 2 nitrogen and oxygen atoms in total. The Morgan fingerprint density at radius 3 is 2.73 bits per heavy atom. The predicted octanol–water partition coefficient (Wildman–Crippen LogP) is 3.69. The lowest BCUT2D eigenvalue weighted by atomic mass is 10.1. The van der Waals surface area contributed by atoms with Gasteiger partial charge in [-0.05, 0) is 12.1 Å². The van der Waals surface area contributed by atoms with Gasteiger partial charge in [-0.3, -0.25) is 9.97 Å². The third-order valence-corrected chi connectivity index (χ3v) is 2.90. The number of aromatic nitrogens is 2. The fraction of sp³-hybridized carbons (Fsp3) is 0.0909. The number of nitrogens with zero attached hydrogens (tertiary/aromatic N) is 2. The molecule has 0 unspecified atom stereocenters. The van der Waals surface area contributed by atoms with Crippen molar-refractivity contribution in [1.82, 2.24) is 9.97 Å². The van der Waals surface area contributed by atoms with Crippen LogP contribution in [0.25, 0.3) is 11.1 Å². The molecule has 2 aromatic rings. The maximum atomic E-state index is 6.07. The van der Waals surface area contributed by atoms with Gasteiger partial charge in [0.1, 0.15) is 0 Å². The summed E-state index contributed by atoms with van der Waals surface area (Å²) in [4.78, 5) is 8.32. The van der Waals surface area contributed by atoms with Gasteiger partial charge >= 0.3 is 0 Å². The highest BCUT2D eigenvalue weighted by molar-refractivity contribution is 9.08. The van der Waals surface area contributed by atoms with Crippen molar-refractivity contribution in [1.29, 1.82) is 0 Å². The molecule has 2 aromatic heterocycles. The molecule has 0 aromatic carbocycles. The van der Waals surface area contributed by atoms with Gasteiger partial charge in [0.2, 0.25) is 0 Å². The first kappa shape index (κ1) is 10.6. The van der Waals surface area contributed by atoms with Crippen LogP contribution < -0.4 is 0 Å². The molecule has 15 heavy (non-hydrogen) atoms. The smallest absolute Gasteiger partial charge is 0.0695 e. The highest BCUT2D eigenvalue weighted by Crippen LogP contribution is 2.24. The van der Waals surface area contributed by atoms with Crippen molar-refractivity contribution >= 4 is 27.5 Å². The minimum absolute atomic E-state index is 0.666. The Hall–Kier alpha value is -0.930. The monoisotopic (exact) mass is 282 g/mol. The molecule has 0 saturated heterocycles. The van der Waals surface area contributed by atoms with Gasteiger partial charge in [-0.25, -0.2) is 0 Å². The Kier molecular flexibility index (Phi) is 3.34. The van der Waals surface area contributed by atoms with Crippen molar-refractivity contribution in [2.24, 2.45) is 0 Å². The molecular weight excluding hydrogens is 275 g/mol. The number of hydrogen-bond donors (Lipinski definition) is 0. The molecule has 0 aliphatic carbocycles. The first-order chi connectivity index (χ1) is 7.31. The van der Waals surface area contributed by atoms with Crippen LogP contribution in [0.3, 0.4) is 0 Å². The summed E-state index contributed by atoms with van der Waals surface area (Å²) in [6.07, 6.45) is 5.34. The standard InChI is InChI=1S/C11H8BrClN2/c12-5-11-10(13)4-9(7-15-11)8-2-1-3-14-6-8/h1-4,6-7H,5H2. The molecule has 4 heteroatoms. The molecule has 0 spiro atoms. The van der Waals surface area contributed by atoms with Crippen LogP contribution >= 0.6 is 27.5 Å². The minimum atomic E-state index is 0.666. The van der Waals surface area contributed by atoms with E-state index in [4.69, 9.17) is 11.6 Å². The van der Waals surface area contributed by atoms with E-state index in [1.54, 1.807) is 18.6 Å². The van der Waals surface area contributed by atoms with Crippen LogP contribution in [0.15, 0.2) is 36.8 Å². The number of hydrogen-bond acceptors (Lipinski definition) is 2. The molecule has 0 aliphatic rings. The second kappa shape index (κ2) is 4.73. The molecule has 0 aliphatic heterocycles. The van der Waals surface area contributed by atoms with Gasteiger partial charge in [-0.2, -0.15) is 0 Å². The number of rotatable bonds is 2. The van der Waals surface area contributed by atoms with Gasteiger partial charge in [0.15, 0.2) is 0 Å². The summed E-state index contributed by atoms with van der Waals surface area (Å²) in [6, 6.07) is 5.78. The second-order valence-corrected chi connectivity index (χ2v) is 4.00. The predicted molar refractivity (Wildman–Crippen MR) is 65.1 cm³/mol. The number of alkyl halides is 1. The quantitative estimate of drug-likeness (QED) is 0.786. The number of pyridine rings is 2. The van der Waals surface area contributed by atoms with Gasteiger partial charge in [0.05, 0.1) is 10.7 Å². The molecule has 0 amide bonds. The van der Waals surface area contributed by atoms with Crippen molar-refractivity contribution < 1.29 is 0 Å². The van der Waals surface area contributed by atoms with Gasteiger partial charge in [0, 0.05) is 35.0 Å². The average molecular weight is 284 g/mol. The van der Waals surface area contributed by atoms with Crippen molar-refractivity contribution in [3.05, 3.63) is 47.5 Å². The second-order valence-electron chi connectivity index (χ2n) is 3.03. The van der Waals surface area contributed by atoms with Crippen molar-refractivity contribution in [2.75, 3.05) is 0 Å². The van der Waals surface area contributed by atoms with E-state index in [0.29, 0.717) is 10.4 Å². The SMILES string of the molecule is Clc1cc(-c2cccnc2)cnc1CBr. The molecule has 0 bridgehead atoms. The molecule has 0 fully saturated rings. The third kappa shape index (κ3) is 2.36.